The van der Waals surface area contributed by atoms with E-state index >= 15 is 0 Å². The lowest BCUT2D eigenvalue weighted by molar-refractivity contribution is -0.0842. The van der Waals surface area contributed by atoms with Crippen LogP contribution in [0.5, 0.6) is 0 Å². The molecule has 0 bridgehead atoms. The Morgan fingerprint density at radius 1 is 0.636 bits per heavy atom. The molecule has 0 aliphatic rings. The molecule has 0 amide bonds. The number of hydrogen-bond donors (Lipinski definition) is 0. The van der Waals surface area contributed by atoms with E-state index < -0.39 is 0 Å². The first-order chi connectivity index (χ1) is 10.8. The summed E-state index contributed by atoms with van der Waals surface area (Å²) < 4.78 is 22.8. The molecule has 0 rings (SSSR count). The van der Waals surface area contributed by atoms with E-state index in [4.69, 9.17) is 18.9 Å². The lowest BCUT2D eigenvalue weighted by Crippen LogP contribution is -2.10. The van der Waals surface area contributed by atoms with Crippen LogP contribution in [0.2, 0.25) is 0 Å². The number of ether oxygens (including phenoxy) is 4. The minimum atomic E-state index is 0.228. The van der Waals surface area contributed by atoms with Gasteiger partial charge < -0.3 is 18.9 Å². The van der Waals surface area contributed by atoms with Gasteiger partial charge in [-0.25, -0.2) is 0 Å². The monoisotopic (exact) mass is 316 g/mol. The van der Waals surface area contributed by atoms with E-state index in [2.05, 4.69) is 27.7 Å². The molecule has 0 saturated heterocycles. The van der Waals surface area contributed by atoms with Gasteiger partial charge in [-0.15, -0.1) is 0 Å². The van der Waals surface area contributed by atoms with E-state index in [0.29, 0.717) is 19.2 Å². The zero-order valence-electron chi connectivity index (χ0n) is 15.1. The third kappa shape index (κ3) is 11.7. The van der Waals surface area contributed by atoms with Crippen molar-refractivity contribution in [2.75, 3.05) is 26.6 Å². The van der Waals surface area contributed by atoms with Gasteiger partial charge in [0, 0.05) is 6.42 Å². The van der Waals surface area contributed by atoms with Crippen molar-refractivity contribution >= 4 is 0 Å². The summed E-state index contributed by atoms with van der Waals surface area (Å²) in [5.41, 5.74) is 0. The Labute approximate surface area is 137 Å². The van der Waals surface area contributed by atoms with Gasteiger partial charge in [0.1, 0.15) is 0 Å². The molecule has 0 N–H and O–H groups in total. The average molecular weight is 316 g/mol. The minimum absolute atomic E-state index is 0.228. The van der Waals surface area contributed by atoms with Crippen LogP contribution in [0, 0.1) is 0 Å². The SMILES string of the molecule is CCCCOCO/C(OCCCC)=C(/CCC)OCCCC. The number of hydrogen-bond acceptors (Lipinski definition) is 4. The first-order valence-electron chi connectivity index (χ1n) is 8.99. The highest BCUT2D eigenvalue weighted by Crippen LogP contribution is 2.17. The molecule has 132 valence electrons. The summed E-state index contributed by atoms with van der Waals surface area (Å²) in [6, 6.07) is 0. The lowest BCUT2D eigenvalue weighted by Gasteiger charge is -2.17. The second kappa shape index (κ2) is 16.5. The second-order valence-corrected chi connectivity index (χ2v) is 5.39. The molecule has 0 fully saturated rings. The molecule has 0 aromatic rings. The van der Waals surface area contributed by atoms with E-state index in [1.54, 1.807) is 0 Å². The third-order valence-electron chi connectivity index (χ3n) is 3.13. The predicted octanol–water partition coefficient (Wildman–Crippen LogP) is 5.38. The number of unbranched alkanes of at least 4 members (excludes halogenated alkanes) is 3. The Bertz CT molecular complexity index is 264. The van der Waals surface area contributed by atoms with Crippen molar-refractivity contribution in [1.82, 2.24) is 0 Å². The molecule has 0 atom stereocenters. The van der Waals surface area contributed by atoms with E-state index in [1.165, 1.54) is 0 Å². The van der Waals surface area contributed by atoms with Crippen LogP contribution in [0.25, 0.3) is 0 Å². The Balaban J connectivity index is 4.51. The van der Waals surface area contributed by atoms with Gasteiger partial charge in [0.05, 0.1) is 19.8 Å². The smallest absolute Gasteiger partial charge is 0.321 e. The van der Waals surface area contributed by atoms with Crippen LogP contribution in [0.3, 0.4) is 0 Å². The minimum Gasteiger partial charge on any atom is -0.491 e. The summed E-state index contributed by atoms with van der Waals surface area (Å²) in [6.07, 6.45) is 8.28. The summed E-state index contributed by atoms with van der Waals surface area (Å²) in [7, 11) is 0. The van der Waals surface area contributed by atoms with Gasteiger partial charge in [-0.1, -0.05) is 47.0 Å². The molecule has 4 nitrogen and oxygen atoms in total. The first kappa shape index (κ1) is 21.1. The normalized spacial score (nSPS) is 12.0. The van der Waals surface area contributed by atoms with Crippen molar-refractivity contribution < 1.29 is 18.9 Å². The van der Waals surface area contributed by atoms with Crippen molar-refractivity contribution in [3.8, 4) is 0 Å². The third-order valence-corrected chi connectivity index (χ3v) is 3.13. The highest BCUT2D eigenvalue weighted by molar-refractivity contribution is 4.95. The Kier molecular flexibility index (Phi) is 15.8. The van der Waals surface area contributed by atoms with Crippen LogP contribution in [0.1, 0.15) is 79.1 Å². The fraction of sp³-hybridized carbons (Fsp3) is 0.889. The van der Waals surface area contributed by atoms with E-state index in [9.17, 15) is 0 Å². The molecular formula is C18H36O4. The summed E-state index contributed by atoms with van der Waals surface area (Å²) in [5, 5.41) is 0. The quantitative estimate of drug-likeness (QED) is 0.218. The molecule has 0 heterocycles. The van der Waals surface area contributed by atoms with Crippen LogP contribution in [0.4, 0.5) is 0 Å². The Morgan fingerprint density at radius 3 is 1.82 bits per heavy atom. The summed E-state index contributed by atoms with van der Waals surface area (Å²) in [4.78, 5) is 0. The summed E-state index contributed by atoms with van der Waals surface area (Å²) in [5.74, 6) is 1.34. The zero-order chi connectivity index (χ0) is 16.5. The zero-order valence-corrected chi connectivity index (χ0v) is 15.1. The van der Waals surface area contributed by atoms with Crippen molar-refractivity contribution in [3.05, 3.63) is 11.7 Å². The number of rotatable bonds is 16. The van der Waals surface area contributed by atoms with Gasteiger partial charge in [0.15, 0.2) is 12.6 Å². The maximum atomic E-state index is 5.87. The molecule has 0 unspecified atom stereocenters. The largest absolute Gasteiger partial charge is 0.491 e. The molecule has 0 aromatic carbocycles. The molecule has 0 spiro atoms. The van der Waals surface area contributed by atoms with Gasteiger partial charge in [-0.2, -0.15) is 0 Å². The molecular weight excluding hydrogens is 280 g/mol. The van der Waals surface area contributed by atoms with Crippen molar-refractivity contribution in [2.45, 2.75) is 79.1 Å². The van der Waals surface area contributed by atoms with Crippen LogP contribution in [-0.2, 0) is 18.9 Å². The maximum absolute atomic E-state index is 5.87. The highest BCUT2D eigenvalue weighted by atomic mass is 16.7. The van der Waals surface area contributed by atoms with Gasteiger partial charge >= 0.3 is 5.95 Å². The highest BCUT2D eigenvalue weighted by Gasteiger charge is 2.12. The van der Waals surface area contributed by atoms with E-state index in [0.717, 1.165) is 63.7 Å². The molecule has 22 heavy (non-hydrogen) atoms. The Morgan fingerprint density at radius 2 is 1.23 bits per heavy atom. The van der Waals surface area contributed by atoms with Crippen molar-refractivity contribution in [1.29, 1.82) is 0 Å². The van der Waals surface area contributed by atoms with Gasteiger partial charge in [-0.05, 0) is 25.7 Å². The van der Waals surface area contributed by atoms with Crippen LogP contribution >= 0.6 is 0 Å². The molecule has 4 heteroatoms. The summed E-state index contributed by atoms with van der Waals surface area (Å²) in [6.45, 7) is 10.9. The van der Waals surface area contributed by atoms with Crippen molar-refractivity contribution in [3.63, 3.8) is 0 Å². The molecule has 0 aliphatic carbocycles. The van der Waals surface area contributed by atoms with Gasteiger partial charge in [0.2, 0.25) is 0 Å². The molecule has 0 radical (unpaired) electrons. The molecule has 0 saturated carbocycles. The van der Waals surface area contributed by atoms with Crippen LogP contribution < -0.4 is 0 Å². The fourth-order valence-electron chi connectivity index (χ4n) is 1.71. The molecule has 0 aliphatic heterocycles. The van der Waals surface area contributed by atoms with E-state index in [1.807, 2.05) is 0 Å². The fourth-order valence-corrected chi connectivity index (χ4v) is 1.71. The lowest BCUT2D eigenvalue weighted by atomic mass is 10.3. The predicted molar refractivity (Wildman–Crippen MR) is 90.5 cm³/mol. The van der Waals surface area contributed by atoms with E-state index in [-0.39, 0.29) is 6.79 Å². The summed E-state index contributed by atoms with van der Waals surface area (Å²) >= 11 is 0. The van der Waals surface area contributed by atoms with Crippen molar-refractivity contribution in [2.24, 2.45) is 0 Å². The van der Waals surface area contributed by atoms with Gasteiger partial charge in [0.25, 0.3) is 0 Å². The number of allylic oxidation sites excluding steroid dienone is 1. The Hall–Kier alpha value is -0.900. The van der Waals surface area contributed by atoms with Crippen LogP contribution in [-0.4, -0.2) is 26.6 Å². The van der Waals surface area contributed by atoms with Gasteiger partial charge in [-0.3, -0.25) is 0 Å². The average Bonchev–Trinajstić information content (AvgIpc) is 2.52. The molecule has 0 aromatic heterocycles. The van der Waals surface area contributed by atoms with Crippen LogP contribution in [0.15, 0.2) is 11.7 Å². The topological polar surface area (TPSA) is 36.9 Å². The standard InChI is InChI=1S/C18H36O4/c1-5-9-13-19-16-22-18(21-15-11-7-3)17(12-8-4)20-14-10-6-2/h5-16H2,1-4H3/b18-17-. The second-order valence-electron chi connectivity index (χ2n) is 5.39. The first-order valence-corrected chi connectivity index (χ1v) is 8.99. The maximum Gasteiger partial charge on any atom is 0.321 e.